The molecule has 2 N–H and O–H groups in total. The molecule has 1 aromatic carbocycles. The summed E-state index contributed by atoms with van der Waals surface area (Å²) >= 11 is 0. The molecule has 0 aliphatic rings. The zero-order chi connectivity index (χ0) is 17.8. The molecule has 0 aromatic heterocycles. The highest BCUT2D eigenvalue weighted by molar-refractivity contribution is 7.89. The number of carbonyl (C=O) groups excluding carboxylic acids is 1. The normalized spacial score (nSPS) is 12.9. The highest BCUT2D eigenvalue weighted by Gasteiger charge is 2.31. The molecule has 128 valence electrons. The standard InChI is InChI=1S/C14H18FNO6S/c1-8(2)7-10(13(17)18)16-23(20,21)11-6-4-5-9(15)12(11)14(19)22-3/h4-6,8,10,16H,7H2,1-3H3,(H,17,18)/t10-/m0/s1. The Morgan fingerprint density at radius 1 is 1.35 bits per heavy atom. The molecule has 0 heterocycles. The lowest BCUT2D eigenvalue weighted by atomic mass is 10.1. The van der Waals surface area contributed by atoms with Crippen LogP contribution >= 0.6 is 0 Å². The number of rotatable bonds is 7. The Labute approximate surface area is 133 Å². The number of aliphatic carboxylic acids is 1. The minimum absolute atomic E-state index is 0.0391. The van der Waals surface area contributed by atoms with E-state index < -0.39 is 44.3 Å². The topological polar surface area (TPSA) is 110 Å². The third-order valence-electron chi connectivity index (χ3n) is 2.96. The Kier molecular flexibility index (Phi) is 6.22. The molecule has 0 amide bonds. The molecule has 0 radical (unpaired) electrons. The first-order chi connectivity index (χ1) is 10.6. The molecule has 7 nitrogen and oxygen atoms in total. The van der Waals surface area contributed by atoms with E-state index in [9.17, 15) is 22.4 Å². The number of carboxylic acids is 1. The van der Waals surface area contributed by atoms with Crippen LogP contribution in [0.1, 0.15) is 30.6 Å². The minimum Gasteiger partial charge on any atom is -0.480 e. The molecule has 9 heteroatoms. The van der Waals surface area contributed by atoms with Gasteiger partial charge < -0.3 is 9.84 Å². The van der Waals surface area contributed by atoms with Crippen molar-refractivity contribution in [1.82, 2.24) is 4.72 Å². The van der Waals surface area contributed by atoms with Gasteiger partial charge in [-0.1, -0.05) is 19.9 Å². The van der Waals surface area contributed by atoms with Gasteiger partial charge in [-0.2, -0.15) is 4.72 Å². The van der Waals surface area contributed by atoms with Gasteiger partial charge in [-0.3, -0.25) is 4.79 Å². The van der Waals surface area contributed by atoms with Crippen LogP contribution in [0.5, 0.6) is 0 Å². The van der Waals surface area contributed by atoms with Gasteiger partial charge in [0.05, 0.1) is 12.0 Å². The van der Waals surface area contributed by atoms with E-state index in [2.05, 4.69) is 4.74 Å². The van der Waals surface area contributed by atoms with E-state index in [1.807, 2.05) is 4.72 Å². The molecule has 0 aliphatic heterocycles. The highest BCUT2D eigenvalue weighted by Crippen LogP contribution is 2.21. The number of benzene rings is 1. The van der Waals surface area contributed by atoms with Crippen molar-refractivity contribution in [3.63, 3.8) is 0 Å². The van der Waals surface area contributed by atoms with E-state index in [0.717, 1.165) is 25.3 Å². The fourth-order valence-electron chi connectivity index (χ4n) is 1.95. The molecular formula is C14H18FNO6S. The van der Waals surface area contributed by atoms with Crippen molar-refractivity contribution in [2.45, 2.75) is 31.2 Å². The van der Waals surface area contributed by atoms with E-state index in [1.54, 1.807) is 13.8 Å². The molecule has 0 unspecified atom stereocenters. The van der Waals surface area contributed by atoms with E-state index in [1.165, 1.54) is 0 Å². The molecular weight excluding hydrogens is 329 g/mol. The Hall–Kier alpha value is -2.00. The van der Waals surface area contributed by atoms with Gasteiger partial charge in [-0.05, 0) is 24.5 Å². The van der Waals surface area contributed by atoms with Gasteiger partial charge >= 0.3 is 11.9 Å². The fourth-order valence-corrected chi connectivity index (χ4v) is 3.36. The molecule has 1 atom stereocenters. The van der Waals surface area contributed by atoms with E-state index in [0.29, 0.717) is 0 Å². The summed E-state index contributed by atoms with van der Waals surface area (Å²) < 4.78 is 44.9. The van der Waals surface area contributed by atoms with Crippen LogP contribution in [0.4, 0.5) is 4.39 Å². The van der Waals surface area contributed by atoms with Crippen molar-refractivity contribution in [2.75, 3.05) is 7.11 Å². The second-order valence-electron chi connectivity index (χ2n) is 5.25. The number of ether oxygens (including phenoxy) is 1. The first kappa shape index (κ1) is 19.0. The largest absolute Gasteiger partial charge is 0.480 e. The lowest BCUT2D eigenvalue weighted by Gasteiger charge is -2.17. The SMILES string of the molecule is COC(=O)c1c(F)cccc1S(=O)(=O)N[C@@H](CC(C)C)C(=O)O. The maximum atomic E-state index is 13.8. The van der Waals surface area contributed by atoms with Crippen LogP contribution < -0.4 is 4.72 Å². The quantitative estimate of drug-likeness (QED) is 0.721. The van der Waals surface area contributed by atoms with Crippen molar-refractivity contribution in [2.24, 2.45) is 5.92 Å². The van der Waals surface area contributed by atoms with Crippen molar-refractivity contribution in [1.29, 1.82) is 0 Å². The zero-order valence-corrected chi connectivity index (χ0v) is 13.7. The number of hydrogen-bond donors (Lipinski definition) is 2. The first-order valence-electron chi connectivity index (χ1n) is 6.72. The summed E-state index contributed by atoms with van der Waals surface area (Å²) in [7, 11) is -3.45. The summed E-state index contributed by atoms with van der Waals surface area (Å²) in [6.07, 6.45) is 0.0391. The molecule has 0 fully saturated rings. The minimum atomic E-state index is -4.43. The average Bonchev–Trinajstić information content (AvgIpc) is 2.44. The number of esters is 1. The predicted molar refractivity (Wildman–Crippen MR) is 78.9 cm³/mol. The number of carbonyl (C=O) groups is 2. The van der Waals surface area contributed by atoms with Crippen molar-refractivity contribution in [3.05, 3.63) is 29.6 Å². The lowest BCUT2D eigenvalue weighted by molar-refractivity contribution is -0.139. The molecule has 0 spiro atoms. The van der Waals surface area contributed by atoms with E-state index in [-0.39, 0.29) is 12.3 Å². The molecule has 0 saturated carbocycles. The van der Waals surface area contributed by atoms with Crippen LogP contribution in [-0.4, -0.2) is 38.6 Å². The number of hydrogen-bond acceptors (Lipinski definition) is 5. The van der Waals surface area contributed by atoms with Crippen LogP contribution in [0.25, 0.3) is 0 Å². The number of nitrogens with one attached hydrogen (secondary N) is 1. The van der Waals surface area contributed by atoms with Crippen LogP contribution in [-0.2, 0) is 19.6 Å². The van der Waals surface area contributed by atoms with Crippen LogP contribution in [0.15, 0.2) is 23.1 Å². The Bertz CT molecular complexity index is 701. The van der Waals surface area contributed by atoms with Crippen LogP contribution in [0, 0.1) is 11.7 Å². The van der Waals surface area contributed by atoms with Crippen LogP contribution in [0.3, 0.4) is 0 Å². The summed E-state index contributed by atoms with van der Waals surface area (Å²) in [6, 6.07) is 1.63. The van der Waals surface area contributed by atoms with Crippen molar-refractivity contribution in [3.8, 4) is 0 Å². The van der Waals surface area contributed by atoms with Gasteiger partial charge in [0.25, 0.3) is 0 Å². The first-order valence-corrected chi connectivity index (χ1v) is 8.20. The van der Waals surface area contributed by atoms with Gasteiger partial charge in [-0.25, -0.2) is 17.6 Å². The van der Waals surface area contributed by atoms with E-state index in [4.69, 9.17) is 5.11 Å². The molecule has 0 aliphatic carbocycles. The third kappa shape index (κ3) is 4.73. The lowest BCUT2D eigenvalue weighted by Crippen LogP contribution is -2.42. The monoisotopic (exact) mass is 347 g/mol. The molecule has 23 heavy (non-hydrogen) atoms. The third-order valence-corrected chi connectivity index (χ3v) is 4.47. The van der Waals surface area contributed by atoms with Crippen molar-refractivity contribution >= 4 is 22.0 Å². The summed E-state index contributed by atoms with van der Waals surface area (Å²) in [4.78, 5) is 22.2. The summed E-state index contributed by atoms with van der Waals surface area (Å²) in [6.45, 7) is 3.46. The summed E-state index contributed by atoms with van der Waals surface area (Å²) in [5.74, 6) is -3.70. The number of sulfonamides is 1. The predicted octanol–water partition coefficient (Wildman–Crippen LogP) is 1.39. The fraction of sp³-hybridized carbons (Fsp3) is 0.429. The maximum absolute atomic E-state index is 13.8. The smallest absolute Gasteiger partial charge is 0.342 e. The Morgan fingerprint density at radius 2 is 1.96 bits per heavy atom. The maximum Gasteiger partial charge on any atom is 0.342 e. The van der Waals surface area contributed by atoms with Gasteiger partial charge in [0.2, 0.25) is 10.0 Å². The van der Waals surface area contributed by atoms with Gasteiger partial charge in [-0.15, -0.1) is 0 Å². The van der Waals surface area contributed by atoms with Crippen LogP contribution in [0.2, 0.25) is 0 Å². The summed E-state index contributed by atoms with van der Waals surface area (Å²) in [5.41, 5.74) is -0.767. The molecule has 0 saturated heterocycles. The second-order valence-corrected chi connectivity index (χ2v) is 6.93. The highest BCUT2D eigenvalue weighted by atomic mass is 32.2. The molecule has 1 rings (SSSR count). The number of methoxy groups -OCH3 is 1. The van der Waals surface area contributed by atoms with Crippen molar-refractivity contribution < 1.29 is 32.2 Å². The van der Waals surface area contributed by atoms with Gasteiger partial charge in [0.1, 0.15) is 17.4 Å². The summed E-state index contributed by atoms with van der Waals surface area (Å²) in [5, 5.41) is 9.12. The molecule has 1 aromatic rings. The van der Waals surface area contributed by atoms with Gasteiger partial charge in [0, 0.05) is 0 Å². The van der Waals surface area contributed by atoms with E-state index >= 15 is 0 Å². The Balaban J connectivity index is 3.31. The zero-order valence-electron chi connectivity index (χ0n) is 12.9. The van der Waals surface area contributed by atoms with Gasteiger partial charge in [0.15, 0.2) is 0 Å². The number of carboxylic acid groups (broad SMARTS) is 1. The Morgan fingerprint density at radius 3 is 2.43 bits per heavy atom. The molecule has 0 bridgehead atoms. The average molecular weight is 347 g/mol. The number of halogens is 1. The second kappa shape index (κ2) is 7.51.